The third-order valence-corrected chi connectivity index (χ3v) is 4.02. The maximum atomic E-state index is 13.3. The summed E-state index contributed by atoms with van der Waals surface area (Å²) in [5, 5.41) is 14.7. The first-order chi connectivity index (χ1) is 11.5. The summed E-state index contributed by atoms with van der Waals surface area (Å²) in [6.45, 7) is 1.67. The molecular weight excluding hydrogens is 377 g/mol. The summed E-state index contributed by atoms with van der Waals surface area (Å²) in [5.74, 6) is -0.358. The number of anilines is 1. The molecule has 0 spiro atoms. The lowest BCUT2D eigenvalue weighted by atomic mass is 10.2. The molecule has 0 aliphatic heterocycles. The maximum Gasteiger partial charge on any atom is 0.248 e. The number of hydrogen-bond acceptors (Lipinski definition) is 4. The fraction of sp³-hybridized carbons (Fsp3) is 0.125. The van der Waals surface area contributed by atoms with Crippen molar-refractivity contribution in [1.82, 2.24) is 20.2 Å². The number of aromatic nitrogens is 4. The summed E-state index contributed by atoms with van der Waals surface area (Å²) in [4.78, 5) is 13.3. The number of nitrogens with zero attached hydrogens (tertiary/aromatic N) is 4. The summed E-state index contributed by atoms with van der Waals surface area (Å²) in [6.07, 6.45) is 0. The van der Waals surface area contributed by atoms with E-state index in [1.54, 1.807) is 13.0 Å². The molecule has 1 aromatic heterocycles. The van der Waals surface area contributed by atoms with Crippen molar-refractivity contribution in [3.05, 3.63) is 58.3 Å². The number of carbonyl (C=O) groups excluding carboxylic acids is 1. The first kappa shape index (κ1) is 16.3. The Labute approximate surface area is 145 Å². The van der Waals surface area contributed by atoms with Crippen LogP contribution in [-0.4, -0.2) is 26.1 Å². The molecule has 1 heterocycles. The van der Waals surface area contributed by atoms with Crippen LogP contribution in [0.3, 0.4) is 0 Å². The summed E-state index contributed by atoms with van der Waals surface area (Å²) < 4.78 is 14.1. The molecule has 122 valence electrons. The van der Waals surface area contributed by atoms with Crippen LogP contribution in [0.5, 0.6) is 0 Å². The second-order valence-electron chi connectivity index (χ2n) is 5.13. The second-order valence-corrected chi connectivity index (χ2v) is 5.99. The van der Waals surface area contributed by atoms with Gasteiger partial charge in [0.2, 0.25) is 11.7 Å². The molecule has 0 aliphatic rings. The lowest BCUT2D eigenvalue weighted by Gasteiger charge is -2.07. The van der Waals surface area contributed by atoms with E-state index >= 15 is 0 Å². The Bertz CT molecular complexity index is 896. The SMILES string of the molecule is Cc1ccc(F)cc1NC(=O)Cn1nnc(-c2ccccc2Br)n1. The van der Waals surface area contributed by atoms with E-state index in [1.807, 2.05) is 24.3 Å². The minimum atomic E-state index is -0.411. The van der Waals surface area contributed by atoms with Crippen molar-refractivity contribution in [3.63, 3.8) is 0 Å². The molecule has 2 aromatic carbocycles. The summed E-state index contributed by atoms with van der Waals surface area (Å²) in [7, 11) is 0. The number of nitrogens with one attached hydrogen (secondary N) is 1. The van der Waals surface area contributed by atoms with E-state index in [0.29, 0.717) is 11.5 Å². The zero-order valence-corrected chi connectivity index (χ0v) is 14.3. The summed E-state index contributed by atoms with van der Waals surface area (Å²) in [6, 6.07) is 11.7. The number of hydrogen-bond donors (Lipinski definition) is 1. The van der Waals surface area contributed by atoms with Gasteiger partial charge in [0.1, 0.15) is 12.4 Å². The average molecular weight is 390 g/mol. The highest BCUT2D eigenvalue weighted by Crippen LogP contribution is 2.24. The molecule has 0 bridgehead atoms. The van der Waals surface area contributed by atoms with E-state index in [-0.39, 0.29) is 12.5 Å². The van der Waals surface area contributed by atoms with Crippen molar-refractivity contribution < 1.29 is 9.18 Å². The van der Waals surface area contributed by atoms with E-state index in [0.717, 1.165) is 15.6 Å². The summed E-state index contributed by atoms with van der Waals surface area (Å²) in [5.41, 5.74) is 1.97. The van der Waals surface area contributed by atoms with Crippen molar-refractivity contribution in [1.29, 1.82) is 0 Å². The normalized spacial score (nSPS) is 10.6. The molecule has 0 radical (unpaired) electrons. The fourth-order valence-electron chi connectivity index (χ4n) is 2.11. The van der Waals surface area contributed by atoms with Crippen molar-refractivity contribution in [2.45, 2.75) is 13.5 Å². The molecule has 0 aliphatic carbocycles. The quantitative estimate of drug-likeness (QED) is 0.743. The van der Waals surface area contributed by atoms with Crippen LogP contribution in [0.1, 0.15) is 5.56 Å². The summed E-state index contributed by atoms with van der Waals surface area (Å²) >= 11 is 3.42. The number of benzene rings is 2. The molecule has 24 heavy (non-hydrogen) atoms. The Morgan fingerprint density at radius 2 is 2.08 bits per heavy atom. The van der Waals surface area contributed by atoms with E-state index < -0.39 is 5.82 Å². The van der Waals surface area contributed by atoms with Gasteiger partial charge in [0.05, 0.1) is 0 Å². The zero-order valence-electron chi connectivity index (χ0n) is 12.7. The predicted octanol–water partition coefficient (Wildman–Crippen LogP) is 3.19. The Morgan fingerprint density at radius 1 is 1.29 bits per heavy atom. The monoisotopic (exact) mass is 389 g/mol. The van der Waals surface area contributed by atoms with Crippen LogP contribution in [0.15, 0.2) is 46.9 Å². The van der Waals surface area contributed by atoms with Crippen LogP contribution in [0.25, 0.3) is 11.4 Å². The molecule has 8 heteroatoms. The standard InChI is InChI=1S/C16H13BrFN5O/c1-10-6-7-11(18)8-14(10)19-15(24)9-23-21-16(20-22-23)12-4-2-3-5-13(12)17/h2-8H,9H2,1H3,(H,19,24). The minimum absolute atomic E-state index is 0.118. The molecule has 3 aromatic rings. The predicted molar refractivity (Wildman–Crippen MR) is 90.7 cm³/mol. The van der Waals surface area contributed by atoms with Crippen LogP contribution in [0.4, 0.5) is 10.1 Å². The molecule has 3 rings (SSSR count). The third-order valence-electron chi connectivity index (χ3n) is 3.33. The number of aryl methyl sites for hydroxylation is 1. The van der Waals surface area contributed by atoms with Gasteiger partial charge in [-0.3, -0.25) is 4.79 Å². The van der Waals surface area contributed by atoms with E-state index in [4.69, 9.17) is 0 Å². The first-order valence-corrected chi connectivity index (χ1v) is 7.91. The van der Waals surface area contributed by atoms with E-state index in [1.165, 1.54) is 16.9 Å². The fourth-order valence-corrected chi connectivity index (χ4v) is 2.57. The molecule has 1 amide bonds. The Morgan fingerprint density at radius 3 is 2.88 bits per heavy atom. The van der Waals surface area contributed by atoms with Gasteiger partial charge >= 0.3 is 0 Å². The largest absolute Gasteiger partial charge is 0.324 e. The lowest BCUT2D eigenvalue weighted by molar-refractivity contribution is -0.117. The van der Waals surface area contributed by atoms with Crippen molar-refractivity contribution in [2.75, 3.05) is 5.32 Å². The van der Waals surface area contributed by atoms with Gasteiger partial charge in [-0.1, -0.05) is 34.1 Å². The third kappa shape index (κ3) is 3.65. The molecule has 0 atom stereocenters. The van der Waals surface area contributed by atoms with Crippen LogP contribution in [0.2, 0.25) is 0 Å². The maximum absolute atomic E-state index is 13.3. The lowest BCUT2D eigenvalue weighted by Crippen LogP contribution is -2.21. The van der Waals surface area contributed by atoms with Gasteiger partial charge in [0, 0.05) is 15.7 Å². The zero-order chi connectivity index (χ0) is 17.1. The van der Waals surface area contributed by atoms with Gasteiger partial charge in [-0.15, -0.1) is 10.2 Å². The van der Waals surface area contributed by atoms with Gasteiger partial charge in [-0.2, -0.15) is 4.80 Å². The highest BCUT2D eigenvalue weighted by molar-refractivity contribution is 9.10. The molecule has 6 nitrogen and oxygen atoms in total. The van der Waals surface area contributed by atoms with Gasteiger partial charge < -0.3 is 5.32 Å². The Hall–Kier alpha value is -2.61. The molecule has 0 unspecified atom stereocenters. The average Bonchev–Trinajstić information content (AvgIpc) is 2.99. The van der Waals surface area contributed by atoms with E-state index in [9.17, 15) is 9.18 Å². The highest BCUT2D eigenvalue weighted by Gasteiger charge is 2.12. The molecule has 0 saturated heterocycles. The number of rotatable bonds is 4. The highest BCUT2D eigenvalue weighted by atomic mass is 79.9. The Kier molecular flexibility index (Phi) is 4.66. The van der Waals surface area contributed by atoms with Gasteiger partial charge in [-0.05, 0) is 42.0 Å². The number of carbonyl (C=O) groups is 1. The van der Waals surface area contributed by atoms with Crippen LogP contribution in [-0.2, 0) is 11.3 Å². The van der Waals surface area contributed by atoms with Gasteiger partial charge in [0.15, 0.2) is 0 Å². The number of halogens is 2. The minimum Gasteiger partial charge on any atom is -0.324 e. The Balaban J connectivity index is 1.72. The topological polar surface area (TPSA) is 72.7 Å². The van der Waals surface area contributed by atoms with Crippen molar-refractivity contribution >= 4 is 27.5 Å². The first-order valence-electron chi connectivity index (χ1n) is 7.11. The smallest absolute Gasteiger partial charge is 0.248 e. The van der Waals surface area contributed by atoms with E-state index in [2.05, 4.69) is 36.7 Å². The molecule has 0 saturated carbocycles. The number of amides is 1. The molecule has 1 N–H and O–H groups in total. The number of tetrazole rings is 1. The van der Waals surface area contributed by atoms with Crippen molar-refractivity contribution in [3.8, 4) is 11.4 Å². The van der Waals surface area contributed by atoms with Crippen LogP contribution >= 0.6 is 15.9 Å². The molecular formula is C16H13BrFN5O. The van der Waals surface area contributed by atoms with Gasteiger partial charge in [0.25, 0.3) is 0 Å². The van der Waals surface area contributed by atoms with Crippen molar-refractivity contribution in [2.24, 2.45) is 0 Å². The van der Waals surface area contributed by atoms with Gasteiger partial charge in [-0.25, -0.2) is 4.39 Å². The molecule has 0 fully saturated rings. The van der Waals surface area contributed by atoms with Crippen LogP contribution in [0, 0.1) is 12.7 Å². The second kappa shape index (κ2) is 6.88. The van der Waals surface area contributed by atoms with Crippen LogP contribution < -0.4 is 5.32 Å².